The molecule has 31 heavy (non-hydrogen) atoms. The lowest BCUT2D eigenvalue weighted by molar-refractivity contribution is -0.139. The fraction of sp³-hybridized carbons (Fsp3) is 0.304. The van der Waals surface area contributed by atoms with E-state index in [4.69, 9.17) is 4.52 Å². The summed E-state index contributed by atoms with van der Waals surface area (Å²) in [4.78, 5) is 0. The number of rotatable bonds is 7. The van der Waals surface area contributed by atoms with Crippen molar-refractivity contribution in [3.8, 4) is 11.3 Å². The summed E-state index contributed by atoms with van der Waals surface area (Å²) in [5, 5.41) is 19.9. The van der Waals surface area contributed by atoms with Crippen molar-refractivity contribution in [2.24, 2.45) is 5.16 Å². The van der Waals surface area contributed by atoms with Crippen LogP contribution in [0.25, 0.3) is 11.3 Å². The van der Waals surface area contributed by atoms with E-state index in [2.05, 4.69) is 15.6 Å². The van der Waals surface area contributed by atoms with E-state index in [1.165, 1.54) is 6.07 Å². The van der Waals surface area contributed by atoms with Crippen LogP contribution in [0, 0.1) is 0 Å². The molecule has 8 heteroatoms. The summed E-state index contributed by atoms with van der Waals surface area (Å²) in [6.45, 7) is 0.215. The molecule has 1 aliphatic carbocycles. The number of aromatic nitrogens is 1. The van der Waals surface area contributed by atoms with E-state index in [9.17, 15) is 18.4 Å². The maximum atomic E-state index is 13.6. The molecule has 2 aromatic carbocycles. The van der Waals surface area contributed by atoms with Crippen molar-refractivity contribution in [3.05, 3.63) is 71.9 Å². The molecule has 0 radical (unpaired) electrons. The highest BCUT2D eigenvalue weighted by atomic mass is 19.4. The van der Waals surface area contributed by atoms with Gasteiger partial charge in [-0.05, 0) is 36.6 Å². The van der Waals surface area contributed by atoms with Crippen molar-refractivity contribution in [2.75, 3.05) is 11.9 Å². The molecule has 1 saturated carbocycles. The van der Waals surface area contributed by atoms with Gasteiger partial charge in [0.2, 0.25) is 0 Å². The van der Waals surface area contributed by atoms with Crippen LogP contribution in [0.5, 0.6) is 0 Å². The topological polar surface area (TPSA) is 70.7 Å². The van der Waals surface area contributed by atoms with Crippen molar-refractivity contribution in [2.45, 2.75) is 37.3 Å². The maximum Gasteiger partial charge on any atom is 0.416 e. The van der Waals surface area contributed by atoms with Crippen molar-refractivity contribution in [1.29, 1.82) is 0 Å². The first-order chi connectivity index (χ1) is 14.9. The van der Waals surface area contributed by atoms with Crippen LogP contribution < -0.4 is 5.32 Å². The van der Waals surface area contributed by atoms with Crippen LogP contribution in [-0.4, -0.2) is 22.6 Å². The molecule has 1 heterocycles. The Kier molecular flexibility index (Phi) is 5.71. The Bertz CT molecular complexity index is 1060. The van der Waals surface area contributed by atoms with Crippen molar-refractivity contribution in [1.82, 2.24) is 5.16 Å². The van der Waals surface area contributed by atoms with E-state index in [0.29, 0.717) is 24.3 Å². The highest BCUT2D eigenvalue weighted by Gasteiger charge is 2.45. The minimum absolute atomic E-state index is 0.215. The van der Waals surface area contributed by atoms with Gasteiger partial charge in [-0.1, -0.05) is 47.1 Å². The molecule has 4 rings (SSSR count). The van der Waals surface area contributed by atoms with Crippen molar-refractivity contribution >= 4 is 11.4 Å². The third-order valence-electron chi connectivity index (χ3n) is 5.88. The first-order valence-corrected chi connectivity index (χ1v) is 10.0. The molecule has 162 valence electrons. The standard InChI is InChI=1S/C23H22F3N3O2/c24-23(25,26)20-8-2-1-7-19(20)22(10-4-11-22)14-18(29-30)15-27-17-6-3-5-16(13-17)21-9-12-28-31-21/h1-3,5-9,12-13,27,30H,4,10-11,14-15H2/b29-18-. The lowest BCUT2D eigenvalue weighted by atomic mass is 9.60. The number of halogens is 3. The molecule has 5 nitrogen and oxygen atoms in total. The molecule has 1 aromatic heterocycles. The predicted molar refractivity (Wildman–Crippen MR) is 111 cm³/mol. The van der Waals surface area contributed by atoms with Crippen molar-refractivity contribution in [3.63, 3.8) is 0 Å². The molecule has 0 bridgehead atoms. The smallest absolute Gasteiger partial charge is 0.411 e. The van der Waals surface area contributed by atoms with Crippen LogP contribution in [-0.2, 0) is 11.6 Å². The molecular weight excluding hydrogens is 407 g/mol. The monoisotopic (exact) mass is 429 g/mol. The van der Waals surface area contributed by atoms with Crippen LogP contribution in [0.4, 0.5) is 18.9 Å². The number of nitrogens with zero attached hydrogens (tertiary/aromatic N) is 2. The quantitative estimate of drug-likeness (QED) is 0.270. The lowest BCUT2D eigenvalue weighted by Gasteiger charge is -2.44. The summed E-state index contributed by atoms with van der Waals surface area (Å²) in [6.07, 6.45) is -0.513. The molecule has 0 spiro atoms. The second kappa shape index (κ2) is 8.45. The Labute approximate surface area is 177 Å². The van der Waals surface area contributed by atoms with Crippen LogP contribution in [0.3, 0.4) is 0 Å². The van der Waals surface area contributed by atoms with Gasteiger partial charge in [0.1, 0.15) is 0 Å². The number of hydrogen-bond donors (Lipinski definition) is 2. The molecule has 0 aliphatic heterocycles. The zero-order chi connectivity index (χ0) is 21.9. The summed E-state index contributed by atoms with van der Waals surface area (Å²) in [5.41, 5.74) is 1.01. The normalized spacial score (nSPS) is 16.0. The highest BCUT2D eigenvalue weighted by Crippen LogP contribution is 2.50. The first kappa shape index (κ1) is 21.0. The zero-order valence-corrected chi connectivity index (χ0v) is 16.7. The number of nitrogens with one attached hydrogen (secondary N) is 1. The van der Waals surface area contributed by atoms with Crippen LogP contribution in [0.1, 0.15) is 36.8 Å². The van der Waals surface area contributed by atoms with Gasteiger partial charge in [-0.15, -0.1) is 0 Å². The van der Waals surface area contributed by atoms with Crippen LogP contribution in [0.15, 0.2) is 70.5 Å². The molecular formula is C23H22F3N3O2. The molecule has 1 aliphatic rings. The molecule has 1 fully saturated rings. The average molecular weight is 429 g/mol. The molecule has 0 saturated heterocycles. The molecule has 0 unspecified atom stereocenters. The number of anilines is 1. The van der Waals surface area contributed by atoms with E-state index < -0.39 is 17.2 Å². The minimum atomic E-state index is -4.42. The van der Waals surface area contributed by atoms with Gasteiger partial charge in [0.15, 0.2) is 5.76 Å². The molecule has 2 N–H and O–H groups in total. The predicted octanol–water partition coefficient (Wildman–Crippen LogP) is 6.11. The van der Waals surface area contributed by atoms with E-state index in [0.717, 1.165) is 23.7 Å². The van der Waals surface area contributed by atoms with E-state index in [1.54, 1.807) is 24.4 Å². The molecule has 3 aromatic rings. The fourth-order valence-electron chi connectivity index (χ4n) is 4.21. The SMILES string of the molecule is O/N=C(\CNc1cccc(-c2ccno2)c1)CC1(c2ccccc2C(F)(F)F)CCC1. The fourth-order valence-corrected chi connectivity index (χ4v) is 4.21. The minimum Gasteiger partial charge on any atom is -0.411 e. The largest absolute Gasteiger partial charge is 0.416 e. The Morgan fingerprint density at radius 3 is 2.58 bits per heavy atom. The van der Waals surface area contributed by atoms with Gasteiger partial charge in [-0.25, -0.2) is 0 Å². The summed E-state index contributed by atoms with van der Waals surface area (Å²) in [5.74, 6) is 0.622. The second-order valence-electron chi connectivity index (χ2n) is 7.83. The van der Waals surface area contributed by atoms with Gasteiger partial charge in [-0.3, -0.25) is 0 Å². The number of oxime groups is 1. The maximum absolute atomic E-state index is 13.6. The third-order valence-corrected chi connectivity index (χ3v) is 5.88. The third kappa shape index (κ3) is 4.42. The number of hydrogen-bond acceptors (Lipinski definition) is 5. The summed E-state index contributed by atoms with van der Waals surface area (Å²) in [6, 6.07) is 14.9. The Morgan fingerprint density at radius 1 is 1.13 bits per heavy atom. The Balaban J connectivity index is 1.50. The summed E-state index contributed by atoms with van der Waals surface area (Å²) in [7, 11) is 0. The van der Waals surface area contributed by atoms with Gasteiger partial charge in [-0.2, -0.15) is 13.2 Å². The first-order valence-electron chi connectivity index (χ1n) is 10.0. The zero-order valence-electron chi connectivity index (χ0n) is 16.7. The summed E-state index contributed by atoms with van der Waals surface area (Å²) < 4.78 is 45.9. The van der Waals surface area contributed by atoms with E-state index >= 15 is 0 Å². The Morgan fingerprint density at radius 2 is 1.94 bits per heavy atom. The molecule has 0 amide bonds. The van der Waals surface area contributed by atoms with E-state index in [-0.39, 0.29) is 18.5 Å². The Hall–Kier alpha value is -3.29. The highest BCUT2D eigenvalue weighted by molar-refractivity contribution is 5.89. The average Bonchev–Trinajstić information content (AvgIpc) is 3.27. The molecule has 0 atom stereocenters. The van der Waals surface area contributed by atoms with E-state index in [1.807, 2.05) is 24.3 Å². The number of alkyl halides is 3. The van der Waals surface area contributed by atoms with Crippen LogP contribution in [0.2, 0.25) is 0 Å². The lowest BCUT2D eigenvalue weighted by Crippen LogP contribution is -2.39. The van der Waals surface area contributed by atoms with Gasteiger partial charge >= 0.3 is 6.18 Å². The van der Waals surface area contributed by atoms with Gasteiger partial charge in [0, 0.05) is 29.2 Å². The van der Waals surface area contributed by atoms with Crippen molar-refractivity contribution < 1.29 is 22.9 Å². The van der Waals surface area contributed by atoms with Gasteiger partial charge < -0.3 is 15.0 Å². The summed E-state index contributed by atoms with van der Waals surface area (Å²) >= 11 is 0. The second-order valence-corrected chi connectivity index (χ2v) is 7.83. The van der Waals surface area contributed by atoms with Gasteiger partial charge in [0.25, 0.3) is 0 Å². The number of benzene rings is 2. The van der Waals surface area contributed by atoms with Gasteiger partial charge in [0.05, 0.1) is 24.0 Å². The van der Waals surface area contributed by atoms with Crippen LogP contribution >= 0.6 is 0 Å².